The van der Waals surface area contributed by atoms with Crippen molar-refractivity contribution in [2.75, 3.05) is 13.7 Å². The zero-order valence-electron chi connectivity index (χ0n) is 11.6. The van der Waals surface area contributed by atoms with Crippen molar-refractivity contribution in [3.05, 3.63) is 24.3 Å². The molecule has 0 radical (unpaired) electrons. The summed E-state index contributed by atoms with van der Waals surface area (Å²) in [7, 11) is 1.58. The molecule has 0 aliphatic carbocycles. The van der Waals surface area contributed by atoms with Crippen molar-refractivity contribution in [3.8, 4) is 11.5 Å². The lowest BCUT2D eigenvalue weighted by Crippen LogP contribution is -2.40. The third-order valence-corrected chi connectivity index (χ3v) is 2.70. The highest BCUT2D eigenvalue weighted by Crippen LogP contribution is 2.16. The molecule has 0 fully saturated rings. The van der Waals surface area contributed by atoms with Crippen molar-refractivity contribution in [1.82, 2.24) is 5.32 Å². The number of carboxylic acids is 1. The van der Waals surface area contributed by atoms with Crippen LogP contribution in [0.4, 0.5) is 0 Å². The van der Waals surface area contributed by atoms with Gasteiger partial charge in [0.2, 0.25) is 5.91 Å². The molecule has 1 rings (SSSR count). The molecule has 6 heteroatoms. The van der Waals surface area contributed by atoms with E-state index in [9.17, 15) is 9.59 Å². The Balaban J connectivity index is 2.32. The standard InChI is InChI=1S/C14H19NO5/c1-3-12(14(17)18)15-13(16)8-9-20-11-6-4-10(19-2)5-7-11/h4-7,12H,3,8-9H2,1-2H3,(H,15,16)(H,17,18). The van der Waals surface area contributed by atoms with E-state index in [1.165, 1.54) is 0 Å². The molecule has 6 nitrogen and oxygen atoms in total. The smallest absolute Gasteiger partial charge is 0.326 e. The third-order valence-electron chi connectivity index (χ3n) is 2.70. The first-order valence-electron chi connectivity index (χ1n) is 6.35. The van der Waals surface area contributed by atoms with Crippen LogP contribution in [0.3, 0.4) is 0 Å². The molecule has 20 heavy (non-hydrogen) atoms. The fourth-order valence-corrected chi connectivity index (χ4v) is 1.54. The van der Waals surface area contributed by atoms with Crippen LogP contribution in [-0.4, -0.2) is 36.7 Å². The van der Waals surface area contributed by atoms with Gasteiger partial charge in [0.1, 0.15) is 17.5 Å². The number of amides is 1. The summed E-state index contributed by atoms with van der Waals surface area (Å²) in [6.45, 7) is 1.89. The quantitative estimate of drug-likeness (QED) is 0.753. The Hall–Kier alpha value is -2.24. The van der Waals surface area contributed by atoms with E-state index in [0.29, 0.717) is 12.2 Å². The summed E-state index contributed by atoms with van der Waals surface area (Å²) in [5, 5.41) is 11.2. The van der Waals surface area contributed by atoms with Crippen molar-refractivity contribution >= 4 is 11.9 Å². The molecule has 1 amide bonds. The van der Waals surface area contributed by atoms with Gasteiger partial charge >= 0.3 is 5.97 Å². The molecule has 1 aromatic carbocycles. The van der Waals surface area contributed by atoms with Crippen LogP contribution >= 0.6 is 0 Å². The molecule has 1 unspecified atom stereocenters. The van der Waals surface area contributed by atoms with E-state index in [-0.39, 0.29) is 18.9 Å². The molecule has 1 atom stereocenters. The monoisotopic (exact) mass is 281 g/mol. The first kappa shape index (κ1) is 15.8. The Bertz CT molecular complexity index is 443. The van der Waals surface area contributed by atoms with Gasteiger partial charge in [-0.25, -0.2) is 4.79 Å². The second-order valence-electron chi connectivity index (χ2n) is 4.14. The summed E-state index contributed by atoms with van der Waals surface area (Å²) >= 11 is 0. The van der Waals surface area contributed by atoms with Gasteiger partial charge in [0.25, 0.3) is 0 Å². The van der Waals surface area contributed by atoms with Crippen molar-refractivity contribution in [3.63, 3.8) is 0 Å². The summed E-state index contributed by atoms with van der Waals surface area (Å²) in [6.07, 6.45) is 0.455. The Labute approximate surface area is 117 Å². The van der Waals surface area contributed by atoms with Gasteiger partial charge in [-0.2, -0.15) is 0 Å². The predicted molar refractivity (Wildman–Crippen MR) is 73.0 cm³/mol. The van der Waals surface area contributed by atoms with Gasteiger partial charge in [-0.1, -0.05) is 6.92 Å². The zero-order valence-corrected chi connectivity index (χ0v) is 11.6. The number of hydrogen-bond donors (Lipinski definition) is 2. The van der Waals surface area contributed by atoms with E-state index in [1.807, 2.05) is 0 Å². The van der Waals surface area contributed by atoms with Crippen LogP contribution in [-0.2, 0) is 9.59 Å². The van der Waals surface area contributed by atoms with Crippen LogP contribution in [0.5, 0.6) is 11.5 Å². The molecule has 110 valence electrons. The second kappa shape index (κ2) is 8.04. The predicted octanol–water partition coefficient (Wildman–Crippen LogP) is 1.44. The van der Waals surface area contributed by atoms with Gasteiger partial charge in [0, 0.05) is 0 Å². The van der Waals surface area contributed by atoms with Gasteiger partial charge in [-0.3, -0.25) is 4.79 Å². The van der Waals surface area contributed by atoms with E-state index in [2.05, 4.69) is 5.32 Å². The van der Waals surface area contributed by atoms with Crippen LogP contribution in [0, 0.1) is 0 Å². The number of hydrogen-bond acceptors (Lipinski definition) is 4. The number of ether oxygens (including phenoxy) is 2. The van der Waals surface area contributed by atoms with Crippen LogP contribution in [0.1, 0.15) is 19.8 Å². The summed E-state index contributed by atoms with van der Waals surface area (Å²) in [4.78, 5) is 22.3. The van der Waals surface area contributed by atoms with Crippen molar-refractivity contribution in [1.29, 1.82) is 0 Å². The maximum atomic E-state index is 11.5. The summed E-state index contributed by atoms with van der Waals surface area (Å²) in [5.74, 6) is -0.0177. The van der Waals surface area contributed by atoms with Crippen LogP contribution in [0.2, 0.25) is 0 Å². The highest BCUT2D eigenvalue weighted by atomic mass is 16.5. The largest absolute Gasteiger partial charge is 0.497 e. The molecule has 0 spiro atoms. The van der Waals surface area contributed by atoms with Gasteiger partial charge < -0.3 is 19.9 Å². The Morgan fingerprint density at radius 3 is 2.35 bits per heavy atom. The number of aliphatic carboxylic acids is 1. The fraction of sp³-hybridized carbons (Fsp3) is 0.429. The van der Waals surface area contributed by atoms with Gasteiger partial charge in [-0.05, 0) is 30.7 Å². The summed E-state index contributed by atoms with van der Waals surface area (Å²) in [6, 6.07) is 6.15. The maximum Gasteiger partial charge on any atom is 0.326 e. The van der Waals surface area contributed by atoms with Crippen LogP contribution in [0.25, 0.3) is 0 Å². The molecule has 0 aliphatic rings. The minimum atomic E-state index is -1.03. The lowest BCUT2D eigenvalue weighted by atomic mass is 10.2. The fourth-order valence-electron chi connectivity index (χ4n) is 1.54. The van der Waals surface area contributed by atoms with E-state index < -0.39 is 12.0 Å². The topological polar surface area (TPSA) is 84.9 Å². The molecule has 0 aromatic heterocycles. The maximum absolute atomic E-state index is 11.5. The number of nitrogens with one attached hydrogen (secondary N) is 1. The summed E-state index contributed by atoms with van der Waals surface area (Å²) < 4.78 is 10.4. The molecular formula is C14H19NO5. The third kappa shape index (κ3) is 5.17. The average Bonchev–Trinajstić information content (AvgIpc) is 2.45. The normalized spacial score (nSPS) is 11.5. The van der Waals surface area contributed by atoms with E-state index in [1.54, 1.807) is 38.3 Å². The van der Waals surface area contributed by atoms with Gasteiger partial charge in [0.05, 0.1) is 20.1 Å². The molecule has 0 saturated heterocycles. The first-order chi connectivity index (χ1) is 9.56. The molecular weight excluding hydrogens is 262 g/mol. The Morgan fingerprint density at radius 1 is 1.25 bits per heavy atom. The lowest BCUT2D eigenvalue weighted by Gasteiger charge is -2.12. The molecule has 0 aliphatic heterocycles. The number of carbonyl (C=O) groups excluding carboxylic acids is 1. The highest BCUT2D eigenvalue weighted by Gasteiger charge is 2.17. The highest BCUT2D eigenvalue weighted by molar-refractivity contribution is 5.83. The molecule has 1 aromatic rings. The Morgan fingerprint density at radius 2 is 1.85 bits per heavy atom. The molecule has 0 heterocycles. The molecule has 0 bridgehead atoms. The lowest BCUT2D eigenvalue weighted by molar-refractivity contribution is -0.142. The number of carbonyl (C=O) groups is 2. The minimum Gasteiger partial charge on any atom is -0.497 e. The molecule has 2 N–H and O–H groups in total. The molecule has 0 saturated carbocycles. The van der Waals surface area contributed by atoms with Crippen molar-refractivity contribution < 1.29 is 24.2 Å². The number of methoxy groups -OCH3 is 1. The number of carboxylic acid groups (broad SMARTS) is 1. The summed E-state index contributed by atoms with van der Waals surface area (Å²) in [5.41, 5.74) is 0. The van der Waals surface area contributed by atoms with Gasteiger partial charge in [0.15, 0.2) is 0 Å². The number of benzene rings is 1. The average molecular weight is 281 g/mol. The first-order valence-corrected chi connectivity index (χ1v) is 6.35. The van der Waals surface area contributed by atoms with Crippen LogP contribution < -0.4 is 14.8 Å². The van der Waals surface area contributed by atoms with Crippen molar-refractivity contribution in [2.45, 2.75) is 25.8 Å². The van der Waals surface area contributed by atoms with E-state index in [0.717, 1.165) is 5.75 Å². The SMILES string of the molecule is CCC(NC(=O)CCOc1ccc(OC)cc1)C(=O)O. The number of rotatable bonds is 8. The zero-order chi connectivity index (χ0) is 15.0. The van der Waals surface area contributed by atoms with E-state index in [4.69, 9.17) is 14.6 Å². The Kier molecular flexibility index (Phi) is 6.36. The van der Waals surface area contributed by atoms with Crippen molar-refractivity contribution in [2.24, 2.45) is 0 Å². The van der Waals surface area contributed by atoms with E-state index >= 15 is 0 Å². The second-order valence-corrected chi connectivity index (χ2v) is 4.14. The van der Waals surface area contributed by atoms with Crippen LogP contribution in [0.15, 0.2) is 24.3 Å². The minimum absolute atomic E-state index is 0.107. The van der Waals surface area contributed by atoms with Gasteiger partial charge in [-0.15, -0.1) is 0 Å².